The van der Waals surface area contributed by atoms with Crippen molar-refractivity contribution in [3.05, 3.63) is 29.8 Å². The van der Waals surface area contributed by atoms with Gasteiger partial charge in [-0.25, -0.2) is 0 Å². The van der Waals surface area contributed by atoms with Crippen molar-refractivity contribution in [2.24, 2.45) is 4.99 Å². The number of amides is 1. The highest BCUT2D eigenvalue weighted by atomic mass is 127. The van der Waals surface area contributed by atoms with E-state index in [1.807, 2.05) is 24.1 Å². The quantitative estimate of drug-likeness (QED) is 0.293. The van der Waals surface area contributed by atoms with Gasteiger partial charge in [0.15, 0.2) is 5.96 Å². The van der Waals surface area contributed by atoms with Crippen molar-refractivity contribution in [2.75, 3.05) is 66.6 Å². The fourth-order valence-corrected chi connectivity index (χ4v) is 4.61. The maximum Gasteiger partial charge on any atom is 0.251 e. The molecule has 1 aromatic carbocycles. The van der Waals surface area contributed by atoms with Gasteiger partial charge in [0.05, 0.1) is 13.2 Å². The molecule has 0 aromatic heterocycles. The highest BCUT2D eigenvalue weighted by Gasteiger charge is 2.31. The highest BCUT2D eigenvalue weighted by molar-refractivity contribution is 14.0. The number of aliphatic imine (C=N–C) groups is 1. The number of carbonyl (C=O) groups is 1. The maximum absolute atomic E-state index is 12.6. The SMILES string of the molecule is CCN(CC)C(CNC(=NC)N1CCN(C(=O)C2CCCO2)CC1)c1cccc(OC)c1.I. The van der Waals surface area contributed by atoms with Crippen LogP contribution in [-0.2, 0) is 9.53 Å². The lowest BCUT2D eigenvalue weighted by molar-refractivity contribution is -0.142. The fraction of sp³-hybridized carbons (Fsp3) is 0.667. The minimum absolute atomic E-state index is 0. The van der Waals surface area contributed by atoms with E-state index < -0.39 is 0 Å². The van der Waals surface area contributed by atoms with Crippen molar-refractivity contribution >= 4 is 35.8 Å². The number of ether oxygens (including phenoxy) is 2. The number of rotatable bonds is 8. The average molecular weight is 574 g/mol. The van der Waals surface area contributed by atoms with Gasteiger partial charge in [-0.15, -0.1) is 24.0 Å². The first kappa shape index (κ1) is 27.7. The second-order valence-electron chi connectivity index (χ2n) is 8.26. The summed E-state index contributed by atoms with van der Waals surface area (Å²) >= 11 is 0. The highest BCUT2D eigenvalue weighted by Crippen LogP contribution is 2.24. The first-order valence-corrected chi connectivity index (χ1v) is 11.8. The monoisotopic (exact) mass is 573 g/mol. The Morgan fingerprint density at radius 1 is 1.24 bits per heavy atom. The predicted molar refractivity (Wildman–Crippen MR) is 143 cm³/mol. The third kappa shape index (κ3) is 7.19. The summed E-state index contributed by atoms with van der Waals surface area (Å²) < 4.78 is 11.0. The van der Waals surface area contributed by atoms with Crippen LogP contribution >= 0.6 is 24.0 Å². The molecule has 1 amide bonds. The Bertz CT molecular complexity index is 760. The third-order valence-corrected chi connectivity index (χ3v) is 6.49. The molecule has 0 bridgehead atoms. The van der Waals surface area contributed by atoms with Crippen molar-refractivity contribution < 1.29 is 14.3 Å². The number of guanidine groups is 1. The molecule has 2 saturated heterocycles. The van der Waals surface area contributed by atoms with Crippen LogP contribution in [-0.4, -0.2) is 99.2 Å². The van der Waals surface area contributed by atoms with Gasteiger partial charge >= 0.3 is 0 Å². The smallest absolute Gasteiger partial charge is 0.251 e. The molecule has 2 heterocycles. The molecule has 2 fully saturated rings. The van der Waals surface area contributed by atoms with Crippen molar-refractivity contribution in [1.29, 1.82) is 0 Å². The zero-order chi connectivity index (χ0) is 22.9. The van der Waals surface area contributed by atoms with Crippen molar-refractivity contribution in [3.63, 3.8) is 0 Å². The van der Waals surface area contributed by atoms with Crippen LogP contribution in [0.2, 0.25) is 0 Å². The van der Waals surface area contributed by atoms with Gasteiger partial charge in [-0.2, -0.15) is 0 Å². The molecular weight excluding hydrogens is 533 g/mol. The van der Waals surface area contributed by atoms with Crippen LogP contribution in [0.1, 0.15) is 38.3 Å². The number of hydrogen-bond acceptors (Lipinski definition) is 5. The number of piperazine rings is 1. The largest absolute Gasteiger partial charge is 0.497 e. The van der Waals surface area contributed by atoms with Crippen molar-refractivity contribution in [2.45, 2.75) is 38.8 Å². The molecule has 33 heavy (non-hydrogen) atoms. The number of likely N-dealkylation sites (N-methyl/N-ethyl adjacent to an activating group) is 1. The molecular formula is C24H40IN5O3. The molecule has 0 aliphatic carbocycles. The summed E-state index contributed by atoms with van der Waals surface area (Å²) in [6.07, 6.45) is 1.59. The average Bonchev–Trinajstić information content (AvgIpc) is 3.39. The summed E-state index contributed by atoms with van der Waals surface area (Å²) in [7, 11) is 3.53. The van der Waals surface area contributed by atoms with Gasteiger partial charge in [0, 0.05) is 46.4 Å². The van der Waals surface area contributed by atoms with Gasteiger partial charge < -0.3 is 24.6 Å². The fourth-order valence-electron chi connectivity index (χ4n) is 4.61. The lowest BCUT2D eigenvalue weighted by Crippen LogP contribution is -2.56. The summed E-state index contributed by atoms with van der Waals surface area (Å²) in [5, 5.41) is 3.59. The van der Waals surface area contributed by atoms with E-state index >= 15 is 0 Å². The molecule has 9 heteroatoms. The number of hydrogen-bond donors (Lipinski definition) is 1. The van der Waals surface area contributed by atoms with Crippen LogP contribution in [0.25, 0.3) is 0 Å². The molecule has 1 N–H and O–H groups in total. The van der Waals surface area contributed by atoms with E-state index in [1.54, 1.807) is 7.11 Å². The van der Waals surface area contributed by atoms with Crippen molar-refractivity contribution in [1.82, 2.24) is 20.0 Å². The molecule has 2 aliphatic heterocycles. The van der Waals surface area contributed by atoms with Crippen LogP contribution < -0.4 is 10.1 Å². The minimum Gasteiger partial charge on any atom is -0.497 e. The van der Waals surface area contributed by atoms with Crippen LogP contribution in [0.5, 0.6) is 5.75 Å². The lowest BCUT2D eigenvalue weighted by Gasteiger charge is -2.38. The summed E-state index contributed by atoms with van der Waals surface area (Å²) in [4.78, 5) is 23.8. The van der Waals surface area contributed by atoms with E-state index in [9.17, 15) is 4.79 Å². The zero-order valence-electron chi connectivity index (χ0n) is 20.5. The van der Waals surface area contributed by atoms with Crippen LogP contribution in [0, 0.1) is 0 Å². The second kappa shape index (κ2) is 14.0. The summed E-state index contributed by atoms with van der Waals surface area (Å²) in [6, 6.07) is 8.50. The van der Waals surface area contributed by atoms with E-state index in [4.69, 9.17) is 9.47 Å². The molecule has 2 aliphatic rings. The molecule has 0 saturated carbocycles. The van der Waals surface area contributed by atoms with Gasteiger partial charge in [0.2, 0.25) is 0 Å². The second-order valence-corrected chi connectivity index (χ2v) is 8.26. The number of halogens is 1. The number of nitrogens with zero attached hydrogens (tertiary/aromatic N) is 4. The summed E-state index contributed by atoms with van der Waals surface area (Å²) in [5.74, 6) is 1.90. The predicted octanol–water partition coefficient (Wildman–Crippen LogP) is 2.59. The molecule has 186 valence electrons. The third-order valence-electron chi connectivity index (χ3n) is 6.49. The first-order valence-electron chi connectivity index (χ1n) is 11.8. The molecule has 8 nitrogen and oxygen atoms in total. The van der Waals surface area contributed by atoms with Crippen LogP contribution in [0.4, 0.5) is 0 Å². The van der Waals surface area contributed by atoms with E-state index in [2.05, 4.69) is 46.1 Å². The lowest BCUT2D eigenvalue weighted by atomic mass is 10.0. The zero-order valence-corrected chi connectivity index (χ0v) is 22.8. The Morgan fingerprint density at radius 3 is 2.52 bits per heavy atom. The Morgan fingerprint density at radius 2 is 1.94 bits per heavy atom. The van der Waals surface area contributed by atoms with E-state index in [-0.39, 0.29) is 42.0 Å². The van der Waals surface area contributed by atoms with Gasteiger partial charge in [-0.05, 0) is 43.6 Å². The summed E-state index contributed by atoms with van der Waals surface area (Å²) in [5.41, 5.74) is 1.22. The number of benzene rings is 1. The number of methoxy groups -OCH3 is 1. The molecule has 2 atom stereocenters. The maximum atomic E-state index is 12.6. The van der Waals surface area contributed by atoms with E-state index in [0.29, 0.717) is 19.7 Å². The van der Waals surface area contributed by atoms with Gasteiger partial charge in [-0.1, -0.05) is 26.0 Å². The van der Waals surface area contributed by atoms with Crippen LogP contribution in [0.3, 0.4) is 0 Å². The molecule has 3 rings (SSSR count). The Hall–Kier alpha value is -1.59. The van der Waals surface area contributed by atoms with Crippen molar-refractivity contribution in [3.8, 4) is 5.75 Å². The molecule has 1 aromatic rings. The van der Waals surface area contributed by atoms with Gasteiger partial charge in [-0.3, -0.25) is 14.7 Å². The van der Waals surface area contributed by atoms with Gasteiger partial charge in [0.25, 0.3) is 5.91 Å². The van der Waals surface area contributed by atoms with E-state index in [1.165, 1.54) is 5.56 Å². The molecule has 0 radical (unpaired) electrons. The summed E-state index contributed by atoms with van der Waals surface area (Å²) in [6.45, 7) is 10.7. The molecule has 2 unspecified atom stereocenters. The number of nitrogens with one attached hydrogen (secondary N) is 1. The Labute approximate surface area is 215 Å². The minimum atomic E-state index is -0.239. The van der Waals surface area contributed by atoms with Crippen LogP contribution in [0.15, 0.2) is 29.3 Å². The first-order chi connectivity index (χ1) is 15.6. The molecule has 0 spiro atoms. The van der Waals surface area contributed by atoms with E-state index in [0.717, 1.165) is 57.3 Å². The van der Waals surface area contributed by atoms with Gasteiger partial charge in [0.1, 0.15) is 11.9 Å². The normalized spacial score (nSPS) is 19.9. The topological polar surface area (TPSA) is 69.6 Å². The number of carbonyl (C=O) groups excluding carboxylic acids is 1. The Kier molecular flexibility index (Phi) is 11.7. The Balaban J connectivity index is 0.00000385. The standard InChI is InChI=1S/C24H39N5O3.HI/c1-5-27(6-2)21(19-9-7-10-20(17-19)31-4)18-26-24(25-3)29-14-12-28(13-15-29)23(30)22-11-8-16-32-22;/h7,9-10,17,21-22H,5-6,8,11-16,18H2,1-4H3,(H,25,26);1H.